The number of hydrogen-bond donors (Lipinski definition) is 21. The summed E-state index contributed by atoms with van der Waals surface area (Å²) in [6, 6.07) is 1.97. The number of fused-ring (bicyclic) bond motifs is 2. The normalized spacial score (nSPS) is 14.1. The van der Waals surface area contributed by atoms with Gasteiger partial charge < -0.3 is 112 Å². The number of aliphatic carboxylic acids is 4. The van der Waals surface area contributed by atoms with E-state index in [1.807, 2.05) is 0 Å². The number of aromatic amines is 2. The third-order valence-electron chi connectivity index (χ3n) is 16.3. The first-order chi connectivity index (χ1) is 48.1. The zero-order valence-electron chi connectivity index (χ0n) is 55.3. The smallest absolute Gasteiger partial charge is 0.326 e. The van der Waals surface area contributed by atoms with Crippen LogP contribution < -0.4 is 76.5 Å². The van der Waals surface area contributed by atoms with Crippen molar-refractivity contribution >= 4 is 105 Å². The summed E-state index contributed by atoms with van der Waals surface area (Å²) >= 11 is 0. The van der Waals surface area contributed by atoms with Crippen molar-refractivity contribution < 1.29 is 92.7 Å². The molecule has 0 aliphatic heterocycles. The Bertz CT molecular complexity index is 3710. The van der Waals surface area contributed by atoms with Gasteiger partial charge in [0.05, 0.1) is 25.3 Å². The molecule has 35 nitrogen and oxygen atoms in total. The molecule has 0 aliphatic rings. The van der Waals surface area contributed by atoms with E-state index in [9.17, 15) is 92.7 Å². The van der Waals surface area contributed by atoms with Crippen LogP contribution in [0, 0.1) is 0 Å². The number of carbonyl (C=O) groups is 14. The highest BCUT2D eigenvalue weighted by Gasteiger charge is 2.38. The summed E-state index contributed by atoms with van der Waals surface area (Å²) < 4.78 is 0. The molecule has 2 aromatic heterocycles. The van der Waals surface area contributed by atoms with E-state index in [2.05, 4.69) is 57.8 Å². The van der Waals surface area contributed by atoms with E-state index in [0.717, 1.165) is 10.9 Å². The molecule has 0 radical (unpaired) electrons. The first-order valence-electron chi connectivity index (χ1n) is 32.7. The SMILES string of the molecule is NCCCC[C@H](NC(=O)[C@H](CCCCN)NC(=O)[C@H](Cc1c[nH]c2ccccc12)NC(=O)[C@H](CCC(=O)O)NC(=O)[C@H](CC(N)=O)NC(=O)[C@H](CCCCN)NC(=O)[C@H](CC(=O)O)NC(=O)[C@H](Cc1ccc(O)cc1)NC(=O)[C@H](CC(=O)O)NC(=O)[C@@H](N)Cc1c[nH]c2ccccc12)C(=O)O. The lowest BCUT2D eigenvalue weighted by Gasteiger charge is -2.28. The minimum absolute atomic E-state index is 0.00715. The molecule has 5 aromatic rings. The number of carbonyl (C=O) groups excluding carboxylic acids is 10. The van der Waals surface area contributed by atoms with E-state index < -0.39 is 182 Å². The molecular formula is C66H90N16O19. The fraction of sp³-hybridized carbons (Fsp3) is 0.455. The number of phenols is 1. The topological polar surface area (TPSA) is 610 Å². The Kier molecular flexibility index (Phi) is 32.5. The number of nitrogens with one attached hydrogen (secondary N) is 11. The predicted molar refractivity (Wildman–Crippen MR) is 363 cm³/mol. The van der Waals surface area contributed by atoms with Gasteiger partial charge in [0, 0.05) is 53.5 Å². The number of amides is 10. The number of unbranched alkanes of at least 4 members (excludes halogenated alkanes) is 3. The van der Waals surface area contributed by atoms with E-state index in [0.29, 0.717) is 41.3 Å². The van der Waals surface area contributed by atoms with Crippen LogP contribution in [-0.4, -0.2) is 199 Å². The number of primary amides is 1. The number of H-pyrrole nitrogens is 2. The Morgan fingerprint density at radius 2 is 0.723 bits per heavy atom. The van der Waals surface area contributed by atoms with Crippen molar-refractivity contribution in [2.24, 2.45) is 28.7 Å². The van der Waals surface area contributed by atoms with E-state index >= 15 is 0 Å². The van der Waals surface area contributed by atoms with Crippen molar-refractivity contribution in [2.75, 3.05) is 19.6 Å². The lowest BCUT2D eigenvalue weighted by Crippen LogP contribution is -2.61. The second-order valence-electron chi connectivity index (χ2n) is 24.1. The molecule has 2 heterocycles. The Balaban J connectivity index is 1.40. The number of aromatic nitrogens is 2. The monoisotopic (exact) mass is 1410 g/mol. The van der Waals surface area contributed by atoms with Crippen LogP contribution in [0.25, 0.3) is 21.8 Å². The molecular weight excluding hydrogens is 1320 g/mol. The van der Waals surface area contributed by atoms with Crippen LogP contribution in [-0.2, 0) is 86.4 Å². The van der Waals surface area contributed by atoms with Gasteiger partial charge in [0.2, 0.25) is 59.1 Å². The second kappa shape index (κ2) is 40.8. The summed E-state index contributed by atoms with van der Waals surface area (Å²) in [6.45, 7) is 0.510. The van der Waals surface area contributed by atoms with Crippen LogP contribution in [0.2, 0.25) is 0 Å². The molecule has 0 fully saturated rings. The first-order valence-corrected chi connectivity index (χ1v) is 32.7. The molecule has 10 amide bonds. The molecule has 5 rings (SSSR count). The summed E-state index contributed by atoms with van der Waals surface area (Å²) in [7, 11) is 0. The van der Waals surface area contributed by atoms with Crippen molar-refractivity contribution in [3.8, 4) is 5.75 Å². The fourth-order valence-corrected chi connectivity index (χ4v) is 10.9. The summed E-state index contributed by atoms with van der Waals surface area (Å²) in [5, 5.41) is 72.5. The number of rotatable bonds is 46. The highest BCUT2D eigenvalue weighted by molar-refractivity contribution is 6.01. The third kappa shape index (κ3) is 26.6. The Morgan fingerprint density at radius 3 is 1.14 bits per heavy atom. The van der Waals surface area contributed by atoms with Gasteiger partial charge in [0.15, 0.2) is 0 Å². The van der Waals surface area contributed by atoms with Crippen LogP contribution in [0.1, 0.15) is 107 Å². The number of phenolic OH excluding ortho intramolecular Hbond substituents is 1. The first kappa shape index (κ1) is 80.6. The van der Waals surface area contributed by atoms with Crippen molar-refractivity contribution in [3.63, 3.8) is 0 Å². The maximum absolute atomic E-state index is 14.6. The molecule has 0 saturated heterocycles. The van der Waals surface area contributed by atoms with Gasteiger partial charge in [0.25, 0.3) is 0 Å². The number of para-hydroxylation sites is 2. The lowest BCUT2D eigenvalue weighted by atomic mass is 10.0. The Hall–Kier alpha value is -11.0. The zero-order valence-corrected chi connectivity index (χ0v) is 55.3. The maximum atomic E-state index is 14.6. The van der Waals surface area contributed by atoms with Crippen molar-refractivity contribution in [1.29, 1.82) is 0 Å². The van der Waals surface area contributed by atoms with Crippen molar-refractivity contribution in [3.05, 3.63) is 102 Å². The number of carboxylic acids is 4. The number of aromatic hydroxyl groups is 1. The van der Waals surface area contributed by atoms with Gasteiger partial charge in [-0.1, -0.05) is 48.5 Å². The number of nitrogens with two attached hydrogens (primary N) is 5. The van der Waals surface area contributed by atoms with Gasteiger partial charge in [-0.3, -0.25) is 62.3 Å². The average molecular weight is 1410 g/mol. The zero-order chi connectivity index (χ0) is 74.3. The maximum Gasteiger partial charge on any atom is 0.326 e. The molecule has 0 unspecified atom stereocenters. The summed E-state index contributed by atoms with van der Waals surface area (Å²) in [6.07, 6.45) is -0.991. The quantitative estimate of drug-likeness (QED) is 0.0175. The molecule has 0 aliphatic carbocycles. The highest BCUT2D eigenvalue weighted by atomic mass is 16.4. The van der Waals surface area contributed by atoms with E-state index in [1.54, 1.807) is 60.9 Å². The van der Waals surface area contributed by atoms with E-state index in [4.69, 9.17) is 28.7 Å². The standard InChI is InChI=1S/C66H90N16O19/c67-24-8-5-15-44(58(92)77-47(66(100)101)17-7-10-26-69)74-62(96)49(29-37-34-73-43-14-4-2-12-40(37)43)80-60(94)46(22-23-54(85)86)76-63(97)50(30-53(71)84)81-59(93)45(16-6-9-25-68)75-64(98)52(32-56(89)90)82-61(95)48(27-35-18-20-38(83)21-19-35)79-65(99)51(31-55(87)88)78-57(91)41(70)28-36-33-72-42-13-3-1-11-39(36)42/h1-4,11-14,18-21,33-34,41,44-52,72-73,83H,5-10,15-17,22-32,67-70H2,(H2,71,84)(H,74,96)(H,75,98)(H,76,97)(H,77,92)(H,78,91)(H,79,99)(H,80,94)(H,81,93)(H,82,95)(H,85,86)(H,87,88)(H,89,90)(H,100,101)/t41-,44-,45-,46-,47-,48-,49-,50-,51-,52-/m0/s1. The minimum Gasteiger partial charge on any atom is -0.508 e. The third-order valence-corrected chi connectivity index (χ3v) is 16.3. The highest BCUT2D eigenvalue weighted by Crippen LogP contribution is 2.22. The molecule has 35 heteroatoms. The minimum atomic E-state index is -2.10. The van der Waals surface area contributed by atoms with Gasteiger partial charge in [-0.2, -0.15) is 0 Å². The lowest BCUT2D eigenvalue weighted by molar-refractivity contribution is -0.143. The molecule has 101 heavy (non-hydrogen) atoms. The van der Waals surface area contributed by atoms with Crippen LogP contribution >= 0.6 is 0 Å². The summed E-state index contributed by atoms with van der Waals surface area (Å²) in [4.78, 5) is 196. The molecule has 0 spiro atoms. The molecule has 3 aromatic carbocycles. The summed E-state index contributed by atoms with van der Waals surface area (Å²) in [5.74, 6) is -17.9. The Labute approximate surface area is 578 Å². The number of hydrogen-bond acceptors (Lipinski definition) is 19. The predicted octanol–water partition coefficient (Wildman–Crippen LogP) is -2.77. The fourth-order valence-electron chi connectivity index (χ4n) is 10.9. The number of carboxylic acid groups (broad SMARTS) is 4. The molecule has 548 valence electrons. The van der Waals surface area contributed by atoms with Crippen LogP contribution in [0.3, 0.4) is 0 Å². The molecule has 0 saturated carbocycles. The molecule has 0 bridgehead atoms. The van der Waals surface area contributed by atoms with Crippen LogP contribution in [0.4, 0.5) is 0 Å². The second-order valence-corrected chi connectivity index (χ2v) is 24.1. The van der Waals surface area contributed by atoms with Crippen LogP contribution in [0.5, 0.6) is 5.75 Å². The van der Waals surface area contributed by atoms with Gasteiger partial charge in [0.1, 0.15) is 60.1 Å². The molecule has 26 N–H and O–H groups in total. The average Bonchev–Trinajstić information content (AvgIpc) is 1.73. The largest absolute Gasteiger partial charge is 0.508 e. The summed E-state index contributed by atoms with van der Waals surface area (Å²) in [5.41, 5.74) is 31.6. The Morgan fingerprint density at radius 1 is 0.376 bits per heavy atom. The van der Waals surface area contributed by atoms with Gasteiger partial charge in [-0.25, -0.2) is 4.79 Å². The van der Waals surface area contributed by atoms with Gasteiger partial charge in [-0.15, -0.1) is 0 Å². The van der Waals surface area contributed by atoms with Gasteiger partial charge in [-0.05, 0) is 131 Å². The van der Waals surface area contributed by atoms with Gasteiger partial charge >= 0.3 is 23.9 Å². The van der Waals surface area contributed by atoms with Crippen molar-refractivity contribution in [1.82, 2.24) is 57.8 Å². The number of benzene rings is 3. The van der Waals surface area contributed by atoms with Crippen LogP contribution in [0.15, 0.2) is 85.2 Å². The van der Waals surface area contributed by atoms with E-state index in [1.165, 1.54) is 24.3 Å². The molecule has 10 atom stereocenters. The van der Waals surface area contributed by atoms with E-state index in [-0.39, 0.29) is 82.3 Å². The van der Waals surface area contributed by atoms with Crippen molar-refractivity contribution in [2.45, 2.75) is 170 Å².